The summed E-state index contributed by atoms with van der Waals surface area (Å²) >= 11 is 0. The van der Waals surface area contributed by atoms with Crippen LogP contribution in [-0.2, 0) is 16.6 Å². The number of nitrogens with zero attached hydrogens (tertiary/aromatic N) is 4. The van der Waals surface area contributed by atoms with Gasteiger partial charge in [-0.1, -0.05) is 5.21 Å². The molecule has 21 heavy (non-hydrogen) atoms. The first kappa shape index (κ1) is 15.4. The third-order valence-electron chi connectivity index (χ3n) is 2.73. The van der Waals surface area contributed by atoms with E-state index < -0.39 is 10.0 Å². The van der Waals surface area contributed by atoms with Crippen molar-refractivity contribution in [2.75, 3.05) is 18.4 Å². The Kier molecular flexibility index (Phi) is 5.23. The molecule has 2 N–H and O–H groups in total. The molecule has 2 aromatic heterocycles. The molecule has 2 aromatic rings. The number of aryl methyl sites for hydroxylation is 1. The van der Waals surface area contributed by atoms with Gasteiger partial charge in [0, 0.05) is 32.0 Å². The van der Waals surface area contributed by atoms with Crippen LogP contribution in [0.4, 0.5) is 5.82 Å². The average molecular weight is 310 g/mol. The number of rotatable bonds is 8. The third kappa shape index (κ3) is 4.23. The molecule has 9 heteroatoms. The second-order valence-electron chi connectivity index (χ2n) is 4.30. The fraction of sp³-hybridized carbons (Fsp3) is 0.417. The molecule has 0 saturated heterocycles. The predicted octanol–water partition coefficient (Wildman–Crippen LogP) is 0.473. The molecule has 8 nitrogen and oxygen atoms in total. The van der Waals surface area contributed by atoms with Crippen LogP contribution in [0.1, 0.15) is 13.3 Å². The van der Waals surface area contributed by atoms with Gasteiger partial charge in [-0.05, 0) is 25.5 Å². The second kappa shape index (κ2) is 7.14. The summed E-state index contributed by atoms with van der Waals surface area (Å²) in [5.41, 5.74) is 0. The van der Waals surface area contributed by atoms with E-state index in [2.05, 4.69) is 25.3 Å². The van der Waals surface area contributed by atoms with Gasteiger partial charge in [0.15, 0.2) is 0 Å². The lowest BCUT2D eigenvalue weighted by atomic mass is 10.4. The molecule has 0 aliphatic rings. The molecule has 0 fully saturated rings. The lowest BCUT2D eigenvalue weighted by Gasteiger charge is -2.11. The van der Waals surface area contributed by atoms with Crippen LogP contribution in [0.3, 0.4) is 0 Å². The Labute approximate surface area is 123 Å². The van der Waals surface area contributed by atoms with E-state index in [0.717, 1.165) is 0 Å². The fourth-order valence-electron chi connectivity index (χ4n) is 1.78. The van der Waals surface area contributed by atoms with Crippen LogP contribution < -0.4 is 10.0 Å². The normalized spacial score (nSPS) is 11.5. The SMILES string of the molecule is CCNc1ncccc1S(=O)(=O)NCCCn1ccnn1. The van der Waals surface area contributed by atoms with Gasteiger partial charge in [0.2, 0.25) is 10.0 Å². The highest BCUT2D eigenvalue weighted by atomic mass is 32.2. The Hall–Kier alpha value is -2.00. The van der Waals surface area contributed by atoms with E-state index in [9.17, 15) is 8.42 Å². The van der Waals surface area contributed by atoms with Crippen molar-refractivity contribution in [1.82, 2.24) is 24.7 Å². The minimum absolute atomic E-state index is 0.160. The summed E-state index contributed by atoms with van der Waals surface area (Å²) < 4.78 is 28.7. The van der Waals surface area contributed by atoms with Gasteiger partial charge in [0.25, 0.3) is 0 Å². The summed E-state index contributed by atoms with van der Waals surface area (Å²) in [6, 6.07) is 3.13. The van der Waals surface area contributed by atoms with Gasteiger partial charge in [0.1, 0.15) is 10.7 Å². The second-order valence-corrected chi connectivity index (χ2v) is 6.03. The number of sulfonamides is 1. The van der Waals surface area contributed by atoms with Gasteiger partial charge in [-0.15, -0.1) is 5.10 Å². The zero-order valence-electron chi connectivity index (χ0n) is 11.7. The number of anilines is 1. The Morgan fingerprint density at radius 2 is 2.19 bits per heavy atom. The molecule has 0 unspecified atom stereocenters. The highest BCUT2D eigenvalue weighted by molar-refractivity contribution is 7.89. The predicted molar refractivity (Wildman–Crippen MR) is 78.2 cm³/mol. The Bertz CT molecular complexity index is 656. The third-order valence-corrected chi connectivity index (χ3v) is 4.23. The van der Waals surface area contributed by atoms with Gasteiger partial charge < -0.3 is 5.32 Å². The van der Waals surface area contributed by atoms with Crippen LogP contribution in [0.15, 0.2) is 35.6 Å². The highest BCUT2D eigenvalue weighted by Crippen LogP contribution is 2.17. The maximum atomic E-state index is 12.3. The summed E-state index contributed by atoms with van der Waals surface area (Å²) in [7, 11) is -3.57. The molecule has 0 radical (unpaired) electrons. The van der Waals surface area contributed by atoms with Gasteiger partial charge in [-0.25, -0.2) is 18.1 Å². The molecule has 0 aromatic carbocycles. The Morgan fingerprint density at radius 3 is 2.90 bits per heavy atom. The van der Waals surface area contributed by atoms with Crippen molar-refractivity contribution >= 4 is 15.8 Å². The first-order valence-electron chi connectivity index (χ1n) is 6.66. The largest absolute Gasteiger partial charge is 0.369 e. The molecule has 0 bridgehead atoms. The number of hydrogen-bond acceptors (Lipinski definition) is 6. The molecule has 0 aliphatic heterocycles. The zero-order valence-corrected chi connectivity index (χ0v) is 12.5. The van der Waals surface area contributed by atoms with Crippen LogP contribution in [0.25, 0.3) is 0 Å². The van der Waals surface area contributed by atoms with Crippen molar-refractivity contribution < 1.29 is 8.42 Å². The smallest absolute Gasteiger partial charge is 0.244 e. The minimum Gasteiger partial charge on any atom is -0.369 e. The molecular weight excluding hydrogens is 292 g/mol. The van der Waals surface area contributed by atoms with Crippen molar-refractivity contribution in [3.05, 3.63) is 30.7 Å². The molecule has 0 amide bonds. The van der Waals surface area contributed by atoms with Crippen molar-refractivity contribution in [3.8, 4) is 0 Å². The minimum atomic E-state index is -3.57. The van der Waals surface area contributed by atoms with Gasteiger partial charge in [-0.2, -0.15) is 0 Å². The topological polar surface area (TPSA) is 102 Å². The molecule has 2 heterocycles. The fourth-order valence-corrected chi connectivity index (χ4v) is 2.99. The molecule has 114 valence electrons. The molecule has 0 atom stereocenters. The molecular formula is C12H18N6O2S. The molecule has 0 saturated carbocycles. The van der Waals surface area contributed by atoms with Crippen LogP contribution >= 0.6 is 0 Å². The van der Waals surface area contributed by atoms with Crippen LogP contribution in [0, 0.1) is 0 Å². The van der Waals surface area contributed by atoms with Crippen molar-refractivity contribution in [3.63, 3.8) is 0 Å². The number of pyridine rings is 1. The quantitative estimate of drug-likeness (QED) is 0.687. The van der Waals surface area contributed by atoms with E-state index in [1.807, 2.05) is 6.92 Å². The summed E-state index contributed by atoms with van der Waals surface area (Å²) in [4.78, 5) is 4.21. The zero-order chi connectivity index (χ0) is 15.1. The van der Waals surface area contributed by atoms with E-state index in [1.165, 1.54) is 6.07 Å². The van der Waals surface area contributed by atoms with Gasteiger partial charge in [0.05, 0.1) is 6.20 Å². The first-order chi connectivity index (χ1) is 10.1. The van der Waals surface area contributed by atoms with Gasteiger partial charge >= 0.3 is 0 Å². The van der Waals surface area contributed by atoms with E-state index in [0.29, 0.717) is 31.9 Å². The number of hydrogen-bond donors (Lipinski definition) is 2. The standard InChI is InChI=1S/C12H18N6O2S/c1-2-13-12-11(5-3-6-14-12)21(19,20)16-7-4-9-18-10-8-15-17-18/h3,5-6,8,10,16H,2,4,7,9H2,1H3,(H,13,14). The lowest BCUT2D eigenvalue weighted by molar-refractivity contribution is 0.542. The Morgan fingerprint density at radius 1 is 1.33 bits per heavy atom. The highest BCUT2D eigenvalue weighted by Gasteiger charge is 2.18. The maximum Gasteiger partial charge on any atom is 0.244 e. The lowest BCUT2D eigenvalue weighted by Crippen LogP contribution is -2.26. The monoisotopic (exact) mass is 310 g/mol. The van der Waals surface area contributed by atoms with Crippen molar-refractivity contribution in [2.24, 2.45) is 0 Å². The van der Waals surface area contributed by atoms with E-state index in [4.69, 9.17) is 0 Å². The van der Waals surface area contributed by atoms with Crippen molar-refractivity contribution in [2.45, 2.75) is 24.8 Å². The molecule has 0 aliphatic carbocycles. The van der Waals surface area contributed by atoms with Gasteiger partial charge in [-0.3, -0.25) is 4.68 Å². The van der Waals surface area contributed by atoms with Crippen molar-refractivity contribution in [1.29, 1.82) is 0 Å². The van der Waals surface area contributed by atoms with E-state index in [-0.39, 0.29) is 4.90 Å². The maximum absolute atomic E-state index is 12.3. The summed E-state index contributed by atoms with van der Waals surface area (Å²) in [6.07, 6.45) is 5.50. The summed E-state index contributed by atoms with van der Waals surface area (Å²) in [5.74, 6) is 0.365. The number of nitrogens with one attached hydrogen (secondary N) is 2. The van der Waals surface area contributed by atoms with E-state index >= 15 is 0 Å². The molecule has 2 rings (SSSR count). The summed E-state index contributed by atoms with van der Waals surface area (Å²) in [6.45, 7) is 3.42. The average Bonchev–Trinajstić information content (AvgIpc) is 2.98. The van der Waals surface area contributed by atoms with E-state index in [1.54, 1.807) is 29.3 Å². The molecule has 0 spiro atoms. The van der Waals surface area contributed by atoms with Crippen LogP contribution in [0.5, 0.6) is 0 Å². The van der Waals surface area contributed by atoms with Crippen LogP contribution in [-0.4, -0.2) is 41.5 Å². The Balaban J connectivity index is 1.95. The first-order valence-corrected chi connectivity index (χ1v) is 8.14. The van der Waals surface area contributed by atoms with Crippen LogP contribution in [0.2, 0.25) is 0 Å². The summed E-state index contributed by atoms with van der Waals surface area (Å²) in [5, 5.41) is 10.4. The number of aromatic nitrogens is 4.